The van der Waals surface area contributed by atoms with Gasteiger partial charge in [0.2, 0.25) is 0 Å². The summed E-state index contributed by atoms with van der Waals surface area (Å²) in [6.07, 6.45) is 6.30. The topological polar surface area (TPSA) is 38.7 Å². The summed E-state index contributed by atoms with van der Waals surface area (Å²) < 4.78 is 11.7. The fourth-order valence-electron chi connectivity index (χ4n) is 5.11. The van der Waals surface area contributed by atoms with E-state index >= 15 is 0 Å². The Kier molecular flexibility index (Phi) is 2.74. The summed E-state index contributed by atoms with van der Waals surface area (Å²) in [5.41, 5.74) is -0.642. The molecule has 1 N–H and O–H groups in total. The van der Waals surface area contributed by atoms with Crippen LogP contribution in [0.25, 0.3) is 0 Å². The second-order valence-electron chi connectivity index (χ2n) is 7.66. The Hall–Kier alpha value is -0.380. The van der Waals surface area contributed by atoms with Crippen molar-refractivity contribution < 1.29 is 14.6 Å². The zero-order valence-electron chi connectivity index (χ0n) is 12.6. The molecule has 2 fully saturated rings. The largest absolute Gasteiger partial charge is 0.386 e. The van der Waals surface area contributed by atoms with Crippen molar-refractivity contribution in [1.82, 2.24) is 0 Å². The molecule has 0 aromatic rings. The Balaban J connectivity index is 2.13. The fourth-order valence-corrected chi connectivity index (χ4v) is 5.11. The normalized spacial score (nSPS) is 55.1. The summed E-state index contributed by atoms with van der Waals surface area (Å²) in [6, 6.07) is 0. The lowest BCUT2D eigenvalue weighted by Crippen LogP contribution is -2.58. The van der Waals surface area contributed by atoms with Crippen molar-refractivity contribution >= 4 is 0 Å². The van der Waals surface area contributed by atoms with Crippen molar-refractivity contribution in [2.75, 3.05) is 7.11 Å². The molecule has 0 amide bonds. The van der Waals surface area contributed by atoms with Crippen molar-refractivity contribution in [2.45, 2.75) is 58.5 Å². The number of rotatable bonds is 1. The van der Waals surface area contributed by atoms with E-state index in [0.29, 0.717) is 5.92 Å². The molecule has 3 aliphatic rings. The van der Waals surface area contributed by atoms with Crippen LogP contribution in [0.3, 0.4) is 0 Å². The number of allylic oxidation sites excluding steroid dienone is 1. The monoisotopic (exact) mass is 266 g/mol. The second-order valence-corrected chi connectivity index (χ2v) is 7.66. The molecular formula is C16H26O3. The average Bonchev–Trinajstić information content (AvgIpc) is 2.59. The molecule has 1 saturated carbocycles. The Labute approximate surface area is 116 Å². The van der Waals surface area contributed by atoms with E-state index in [-0.39, 0.29) is 29.1 Å². The Morgan fingerprint density at radius 2 is 1.95 bits per heavy atom. The van der Waals surface area contributed by atoms with E-state index in [1.807, 2.05) is 13.0 Å². The first-order valence-electron chi connectivity index (χ1n) is 7.33. The van der Waals surface area contributed by atoms with Gasteiger partial charge in [-0.2, -0.15) is 0 Å². The van der Waals surface area contributed by atoms with Crippen LogP contribution in [-0.2, 0) is 9.47 Å². The van der Waals surface area contributed by atoms with E-state index in [2.05, 4.69) is 26.8 Å². The third kappa shape index (κ3) is 1.61. The fraction of sp³-hybridized carbons (Fsp3) is 0.875. The van der Waals surface area contributed by atoms with E-state index < -0.39 is 5.60 Å². The van der Waals surface area contributed by atoms with Gasteiger partial charge in [0.15, 0.2) is 6.29 Å². The summed E-state index contributed by atoms with van der Waals surface area (Å²) >= 11 is 0. The summed E-state index contributed by atoms with van der Waals surface area (Å²) in [5.74, 6) is 0.439. The molecule has 1 aliphatic heterocycles. The van der Waals surface area contributed by atoms with E-state index in [1.54, 1.807) is 7.11 Å². The lowest BCUT2D eigenvalue weighted by Gasteiger charge is -2.56. The average molecular weight is 266 g/mol. The van der Waals surface area contributed by atoms with Crippen LogP contribution in [0.15, 0.2) is 12.2 Å². The summed E-state index contributed by atoms with van der Waals surface area (Å²) in [7, 11) is 1.68. The lowest BCUT2D eigenvalue weighted by atomic mass is 9.48. The van der Waals surface area contributed by atoms with Crippen LogP contribution in [-0.4, -0.2) is 30.2 Å². The molecule has 2 aliphatic carbocycles. The molecule has 19 heavy (non-hydrogen) atoms. The van der Waals surface area contributed by atoms with Gasteiger partial charge in [0, 0.05) is 12.5 Å². The maximum atomic E-state index is 10.8. The minimum atomic E-state index is -0.853. The van der Waals surface area contributed by atoms with Gasteiger partial charge in [-0.05, 0) is 31.1 Å². The predicted octanol–water partition coefficient (Wildman–Crippen LogP) is 2.74. The Morgan fingerprint density at radius 3 is 2.58 bits per heavy atom. The van der Waals surface area contributed by atoms with Gasteiger partial charge in [0.1, 0.15) is 0 Å². The van der Waals surface area contributed by atoms with Crippen LogP contribution in [0.2, 0.25) is 0 Å². The molecule has 0 unspecified atom stereocenters. The maximum Gasteiger partial charge on any atom is 0.164 e. The first-order chi connectivity index (χ1) is 8.73. The van der Waals surface area contributed by atoms with Crippen LogP contribution < -0.4 is 0 Å². The zero-order valence-corrected chi connectivity index (χ0v) is 12.6. The number of hydrogen-bond acceptors (Lipinski definition) is 3. The smallest absolute Gasteiger partial charge is 0.164 e. The molecule has 0 bridgehead atoms. The molecule has 1 saturated heterocycles. The summed E-state index contributed by atoms with van der Waals surface area (Å²) in [4.78, 5) is 0. The van der Waals surface area contributed by atoms with Gasteiger partial charge in [-0.3, -0.25) is 0 Å². The lowest BCUT2D eigenvalue weighted by molar-refractivity contribution is -0.157. The maximum absolute atomic E-state index is 10.8. The highest BCUT2D eigenvalue weighted by atomic mass is 16.7. The van der Waals surface area contributed by atoms with Crippen LogP contribution >= 0.6 is 0 Å². The van der Waals surface area contributed by atoms with E-state index in [9.17, 15) is 5.11 Å². The van der Waals surface area contributed by atoms with Gasteiger partial charge in [0.05, 0.1) is 17.6 Å². The molecule has 0 radical (unpaired) electrons. The minimum Gasteiger partial charge on any atom is -0.386 e. The van der Waals surface area contributed by atoms with E-state index in [0.717, 1.165) is 12.8 Å². The highest BCUT2D eigenvalue weighted by molar-refractivity contribution is 5.24. The number of ether oxygens (including phenoxy) is 2. The van der Waals surface area contributed by atoms with Crippen molar-refractivity contribution in [1.29, 1.82) is 0 Å². The van der Waals surface area contributed by atoms with Gasteiger partial charge in [-0.15, -0.1) is 0 Å². The quantitative estimate of drug-likeness (QED) is 0.742. The molecule has 0 aromatic carbocycles. The van der Waals surface area contributed by atoms with Crippen LogP contribution in [0.1, 0.15) is 40.5 Å². The molecule has 108 valence electrons. The van der Waals surface area contributed by atoms with Gasteiger partial charge < -0.3 is 14.6 Å². The Bertz CT molecular complexity index is 412. The van der Waals surface area contributed by atoms with Crippen molar-refractivity contribution in [2.24, 2.45) is 22.7 Å². The van der Waals surface area contributed by atoms with E-state index in [4.69, 9.17) is 9.47 Å². The number of hydrogen-bond donors (Lipinski definition) is 1. The molecule has 3 heteroatoms. The van der Waals surface area contributed by atoms with Crippen LogP contribution in [0.4, 0.5) is 0 Å². The Morgan fingerprint density at radius 1 is 1.26 bits per heavy atom. The van der Waals surface area contributed by atoms with Gasteiger partial charge >= 0.3 is 0 Å². The molecule has 0 aromatic heterocycles. The van der Waals surface area contributed by atoms with E-state index in [1.165, 1.54) is 0 Å². The first-order valence-corrected chi connectivity index (χ1v) is 7.33. The van der Waals surface area contributed by atoms with Crippen molar-refractivity contribution in [3.8, 4) is 0 Å². The highest BCUT2D eigenvalue weighted by Crippen LogP contribution is 2.64. The molecular weight excluding hydrogens is 240 g/mol. The SMILES string of the molecule is CO[C@@H]1O[C@H]2CCC(C)(C)[C@@H]3C=C[C@@](C)(O)[C@@H]1[C@@]23C. The molecule has 6 atom stereocenters. The molecule has 3 nitrogen and oxygen atoms in total. The summed E-state index contributed by atoms with van der Waals surface area (Å²) in [5, 5.41) is 10.8. The third-order valence-corrected chi connectivity index (χ3v) is 5.99. The molecule has 1 heterocycles. The second kappa shape index (κ2) is 3.84. The standard InChI is InChI=1S/C16H26O3/c1-14(2)8-7-11-16(4)10(14)6-9-15(3,17)12(16)13(18-5)19-11/h6,9-13,17H,7-8H2,1-5H3/t10-,11-,12+,13+,15+,16+/m0/s1. The minimum absolute atomic E-state index is 0.00424. The summed E-state index contributed by atoms with van der Waals surface area (Å²) in [6.45, 7) is 8.83. The molecule has 0 spiro atoms. The van der Waals surface area contributed by atoms with Crippen molar-refractivity contribution in [3.05, 3.63) is 12.2 Å². The zero-order chi connectivity index (χ0) is 14.1. The van der Waals surface area contributed by atoms with Crippen LogP contribution in [0.5, 0.6) is 0 Å². The number of methoxy groups -OCH3 is 1. The van der Waals surface area contributed by atoms with Crippen LogP contribution in [0, 0.1) is 22.7 Å². The number of aliphatic hydroxyl groups is 1. The van der Waals surface area contributed by atoms with Crippen molar-refractivity contribution in [3.63, 3.8) is 0 Å². The van der Waals surface area contributed by atoms with Gasteiger partial charge in [-0.1, -0.05) is 32.9 Å². The van der Waals surface area contributed by atoms with Gasteiger partial charge in [-0.25, -0.2) is 0 Å². The highest BCUT2D eigenvalue weighted by Gasteiger charge is 2.67. The molecule has 3 rings (SSSR count). The first kappa shape index (κ1) is 13.6. The predicted molar refractivity (Wildman–Crippen MR) is 73.5 cm³/mol. The van der Waals surface area contributed by atoms with Gasteiger partial charge in [0.25, 0.3) is 0 Å². The third-order valence-electron chi connectivity index (χ3n) is 5.99.